The van der Waals surface area contributed by atoms with Crippen LogP contribution in [-0.2, 0) is 0 Å². The molecule has 0 saturated heterocycles. The molecule has 0 aliphatic heterocycles. The van der Waals surface area contributed by atoms with E-state index in [-0.39, 0.29) is 6.42 Å². The Balaban J connectivity index is 2.49. The highest BCUT2D eigenvalue weighted by atomic mass is 32.1. The zero-order valence-electron chi connectivity index (χ0n) is 5.84. The third kappa shape index (κ3) is 2.55. The summed E-state index contributed by atoms with van der Waals surface area (Å²) in [7, 11) is 0. The predicted molar refractivity (Wildman–Crippen MR) is 41.9 cm³/mol. The van der Waals surface area contributed by atoms with Crippen LogP contribution in [0.25, 0.3) is 0 Å². The van der Waals surface area contributed by atoms with Gasteiger partial charge in [-0.2, -0.15) is 11.3 Å². The van der Waals surface area contributed by atoms with Crippen LogP contribution in [0.15, 0.2) is 16.8 Å². The van der Waals surface area contributed by atoms with Gasteiger partial charge in [0.25, 0.3) is 0 Å². The van der Waals surface area contributed by atoms with Crippen LogP contribution in [0.1, 0.15) is 18.0 Å². The van der Waals surface area contributed by atoms with Crippen molar-refractivity contribution in [2.45, 2.75) is 18.9 Å². The van der Waals surface area contributed by atoms with Crippen LogP contribution in [0.4, 0.5) is 8.78 Å². The van der Waals surface area contributed by atoms with E-state index in [1.807, 2.05) is 5.38 Å². The summed E-state index contributed by atoms with van der Waals surface area (Å²) in [6.45, 7) is 0. The molecule has 1 rings (SSSR count). The van der Waals surface area contributed by atoms with E-state index in [0.29, 0.717) is 0 Å². The maximum Gasteiger partial charge on any atom is 0.240 e. The Labute approximate surface area is 67.8 Å². The first-order valence-electron chi connectivity index (χ1n) is 3.26. The fourth-order valence-corrected chi connectivity index (χ4v) is 1.54. The van der Waals surface area contributed by atoms with Gasteiger partial charge in [-0.25, -0.2) is 8.78 Å². The molecule has 1 atom stereocenters. The highest BCUT2D eigenvalue weighted by molar-refractivity contribution is 7.07. The molecular weight excluding hydrogens is 168 g/mol. The maximum absolute atomic E-state index is 11.8. The van der Waals surface area contributed by atoms with Crippen molar-refractivity contribution in [3.63, 3.8) is 0 Å². The van der Waals surface area contributed by atoms with Gasteiger partial charge in [-0.05, 0) is 22.4 Å². The molecule has 0 fully saturated rings. The van der Waals surface area contributed by atoms with Gasteiger partial charge in [-0.3, -0.25) is 0 Å². The minimum absolute atomic E-state index is 0.253. The minimum atomic E-state index is -2.31. The molecular formula is C7H9F2NS. The maximum atomic E-state index is 11.8. The van der Waals surface area contributed by atoms with Crippen molar-refractivity contribution in [2.24, 2.45) is 5.73 Å². The van der Waals surface area contributed by atoms with Crippen molar-refractivity contribution in [3.05, 3.63) is 22.4 Å². The highest BCUT2D eigenvalue weighted by Gasteiger charge is 2.12. The molecule has 1 aromatic heterocycles. The van der Waals surface area contributed by atoms with Gasteiger partial charge in [0.05, 0.1) is 0 Å². The van der Waals surface area contributed by atoms with Crippen molar-refractivity contribution in [3.8, 4) is 0 Å². The molecule has 0 aliphatic carbocycles. The Morgan fingerprint density at radius 2 is 2.27 bits per heavy atom. The molecule has 1 nitrogen and oxygen atoms in total. The van der Waals surface area contributed by atoms with Crippen molar-refractivity contribution in [2.75, 3.05) is 0 Å². The molecule has 62 valence electrons. The van der Waals surface area contributed by atoms with Gasteiger partial charge in [0.1, 0.15) is 0 Å². The summed E-state index contributed by atoms with van der Waals surface area (Å²) in [6, 6.07) is 1.26. The fourth-order valence-electron chi connectivity index (χ4n) is 0.814. The van der Waals surface area contributed by atoms with Crippen LogP contribution in [0.5, 0.6) is 0 Å². The van der Waals surface area contributed by atoms with Gasteiger partial charge in [0, 0.05) is 12.5 Å². The summed E-state index contributed by atoms with van der Waals surface area (Å²) in [5.41, 5.74) is 6.27. The molecule has 0 saturated carbocycles. The van der Waals surface area contributed by atoms with Gasteiger partial charge in [-0.1, -0.05) is 0 Å². The Bertz CT molecular complexity index is 198. The Morgan fingerprint density at radius 1 is 1.55 bits per heavy atom. The molecule has 0 aromatic carbocycles. The fraction of sp³-hybridized carbons (Fsp3) is 0.429. The molecule has 0 unspecified atom stereocenters. The first-order chi connectivity index (χ1) is 5.20. The number of nitrogens with two attached hydrogens (primary N) is 1. The smallest absolute Gasteiger partial charge is 0.240 e. The standard InChI is InChI=1S/C7H9F2NS/c8-7(9)3-6(10)5-1-2-11-4-5/h1-2,4,6-7H,3,10H2/t6-/m0/s1. The lowest BCUT2D eigenvalue weighted by molar-refractivity contribution is 0.128. The molecule has 11 heavy (non-hydrogen) atoms. The van der Waals surface area contributed by atoms with E-state index in [2.05, 4.69) is 0 Å². The zero-order valence-corrected chi connectivity index (χ0v) is 6.65. The van der Waals surface area contributed by atoms with E-state index < -0.39 is 12.5 Å². The van der Waals surface area contributed by atoms with Gasteiger partial charge in [-0.15, -0.1) is 0 Å². The quantitative estimate of drug-likeness (QED) is 0.753. The number of rotatable bonds is 3. The third-order valence-electron chi connectivity index (χ3n) is 1.40. The Morgan fingerprint density at radius 3 is 2.73 bits per heavy atom. The molecule has 0 radical (unpaired) electrons. The first-order valence-corrected chi connectivity index (χ1v) is 4.20. The van der Waals surface area contributed by atoms with E-state index in [0.717, 1.165) is 5.56 Å². The highest BCUT2D eigenvalue weighted by Crippen LogP contribution is 2.19. The SMILES string of the molecule is N[C@@H](CC(F)F)c1ccsc1. The van der Waals surface area contributed by atoms with Crippen LogP contribution in [0.3, 0.4) is 0 Å². The van der Waals surface area contributed by atoms with Crippen LogP contribution < -0.4 is 5.73 Å². The normalized spacial score (nSPS) is 13.8. The van der Waals surface area contributed by atoms with Crippen LogP contribution in [-0.4, -0.2) is 6.43 Å². The topological polar surface area (TPSA) is 26.0 Å². The number of hydrogen-bond acceptors (Lipinski definition) is 2. The molecule has 0 amide bonds. The van der Waals surface area contributed by atoms with Crippen LogP contribution >= 0.6 is 11.3 Å². The second kappa shape index (κ2) is 3.78. The van der Waals surface area contributed by atoms with E-state index in [1.165, 1.54) is 11.3 Å². The molecule has 4 heteroatoms. The van der Waals surface area contributed by atoms with Gasteiger partial charge in [0.15, 0.2) is 0 Å². The van der Waals surface area contributed by atoms with Crippen molar-refractivity contribution < 1.29 is 8.78 Å². The molecule has 1 aromatic rings. The summed E-state index contributed by atoms with van der Waals surface area (Å²) in [5, 5.41) is 3.63. The minimum Gasteiger partial charge on any atom is -0.324 e. The zero-order chi connectivity index (χ0) is 8.27. The van der Waals surface area contributed by atoms with Crippen molar-refractivity contribution in [1.82, 2.24) is 0 Å². The summed E-state index contributed by atoms with van der Waals surface area (Å²) in [5.74, 6) is 0. The predicted octanol–water partition coefficient (Wildman–Crippen LogP) is 2.40. The van der Waals surface area contributed by atoms with Crippen molar-refractivity contribution >= 4 is 11.3 Å². The molecule has 0 aliphatic rings. The van der Waals surface area contributed by atoms with Gasteiger partial charge in [0.2, 0.25) is 6.43 Å². The summed E-state index contributed by atoms with van der Waals surface area (Å²) < 4.78 is 23.6. The lowest BCUT2D eigenvalue weighted by Gasteiger charge is -2.07. The first kappa shape index (κ1) is 8.62. The monoisotopic (exact) mass is 177 g/mol. The summed E-state index contributed by atoms with van der Waals surface area (Å²) in [4.78, 5) is 0. The average molecular weight is 177 g/mol. The summed E-state index contributed by atoms with van der Waals surface area (Å²) >= 11 is 1.47. The van der Waals surface area contributed by atoms with E-state index >= 15 is 0 Å². The summed E-state index contributed by atoms with van der Waals surface area (Å²) in [6.07, 6.45) is -2.57. The van der Waals surface area contributed by atoms with E-state index in [1.54, 1.807) is 11.4 Å². The van der Waals surface area contributed by atoms with E-state index in [4.69, 9.17) is 5.73 Å². The van der Waals surface area contributed by atoms with Crippen LogP contribution in [0, 0.1) is 0 Å². The third-order valence-corrected chi connectivity index (χ3v) is 2.10. The Hall–Kier alpha value is -0.480. The van der Waals surface area contributed by atoms with Gasteiger partial charge < -0.3 is 5.73 Å². The number of thiophene rings is 1. The molecule has 0 spiro atoms. The average Bonchev–Trinajstić information content (AvgIpc) is 2.35. The molecule has 1 heterocycles. The lowest BCUT2D eigenvalue weighted by atomic mass is 10.1. The van der Waals surface area contributed by atoms with Crippen molar-refractivity contribution in [1.29, 1.82) is 0 Å². The van der Waals surface area contributed by atoms with Gasteiger partial charge >= 0.3 is 0 Å². The lowest BCUT2D eigenvalue weighted by Crippen LogP contribution is -2.12. The second-order valence-corrected chi connectivity index (χ2v) is 3.07. The largest absolute Gasteiger partial charge is 0.324 e. The second-order valence-electron chi connectivity index (χ2n) is 2.29. The number of halogens is 2. The molecule has 2 N–H and O–H groups in total. The number of hydrogen-bond donors (Lipinski definition) is 1. The van der Waals surface area contributed by atoms with Crippen LogP contribution in [0.2, 0.25) is 0 Å². The van der Waals surface area contributed by atoms with E-state index in [9.17, 15) is 8.78 Å². The molecule has 0 bridgehead atoms. The Kier molecular flexibility index (Phi) is 2.96. The number of alkyl halides is 2.